The fraction of sp³-hybridized carbons (Fsp3) is 0.0909. The lowest BCUT2D eigenvalue weighted by atomic mass is 10.2. The minimum Gasteiger partial charge on any atom is -0.456 e. The van der Waals surface area contributed by atoms with Gasteiger partial charge < -0.3 is 4.42 Å². The van der Waals surface area contributed by atoms with Gasteiger partial charge in [0.15, 0.2) is 11.4 Å². The van der Waals surface area contributed by atoms with E-state index in [4.69, 9.17) is 10.3 Å². The monoisotopic (exact) mass is 264 g/mol. The molecule has 0 saturated carbocycles. The molecule has 1 unspecified atom stereocenters. The Balaban J connectivity index is 2.11. The Kier molecular flexibility index (Phi) is 2.78. The van der Waals surface area contributed by atoms with E-state index in [0.717, 1.165) is 4.88 Å². The van der Waals surface area contributed by atoms with E-state index in [1.165, 1.54) is 17.6 Å². The second-order valence-corrected chi connectivity index (χ2v) is 4.54. The van der Waals surface area contributed by atoms with Gasteiger partial charge in [-0.05, 0) is 23.7 Å². The highest BCUT2D eigenvalue weighted by atomic mass is 32.1. The van der Waals surface area contributed by atoms with Crippen LogP contribution >= 0.6 is 11.5 Å². The van der Waals surface area contributed by atoms with E-state index in [1.54, 1.807) is 24.4 Å². The molecule has 0 fully saturated rings. The van der Waals surface area contributed by atoms with Crippen LogP contribution in [0.3, 0.4) is 0 Å². The Morgan fingerprint density at radius 2 is 2.33 bits per heavy atom. The number of para-hydroxylation sites is 1. The normalized spacial score (nSPS) is 13.0. The van der Waals surface area contributed by atoms with Crippen LogP contribution in [0.5, 0.6) is 0 Å². The number of hydrogen-bond acceptors (Lipinski definition) is 6. The average molecular weight is 264 g/mol. The van der Waals surface area contributed by atoms with Crippen LogP contribution in [0.25, 0.3) is 11.0 Å². The highest BCUT2D eigenvalue weighted by molar-refractivity contribution is 7.05. The molecule has 3 N–H and O–H groups in total. The Labute approximate surface area is 106 Å². The summed E-state index contributed by atoms with van der Waals surface area (Å²) in [6, 6.07) is 6.15. The predicted octanol–water partition coefficient (Wildman–Crippen LogP) is 1.98. The van der Waals surface area contributed by atoms with Crippen molar-refractivity contribution in [3.63, 3.8) is 0 Å². The SMILES string of the molecule is NNC(c1cc2cccc(F)c2o1)c1cnns1. The average Bonchev–Trinajstić information content (AvgIpc) is 3.00. The molecule has 1 aromatic carbocycles. The number of nitrogens with one attached hydrogen (secondary N) is 1. The summed E-state index contributed by atoms with van der Waals surface area (Å²) in [7, 11) is 0. The van der Waals surface area contributed by atoms with Crippen LogP contribution in [0.4, 0.5) is 4.39 Å². The highest BCUT2D eigenvalue weighted by Crippen LogP contribution is 2.29. The molecule has 1 atom stereocenters. The first-order chi connectivity index (χ1) is 8.79. The molecule has 0 amide bonds. The van der Waals surface area contributed by atoms with E-state index in [2.05, 4.69) is 15.0 Å². The number of nitrogens with zero attached hydrogens (tertiary/aromatic N) is 2. The van der Waals surface area contributed by atoms with E-state index in [1.807, 2.05) is 0 Å². The molecule has 18 heavy (non-hydrogen) atoms. The first-order valence-electron chi connectivity index (χ1n) is 5.21. The van der Waals surface area contributed by atoms with E-state index in [-0.39, 0.29) is 11.6 Å². The van der Waals surface area contributed by atoms with Crippen molar-refractivity contribution >= 4 is 22.5 Å². The molecule has 0 aliphatic heterocycles. The van der Waals surface area contributed by atoms with Crippen molar-refractivity contribution in [2.45, 2.75) is 6.04 Å². The van der Waals surface area contributed by atoms with Gasteiger partial charge in [-0.15, -0.1) is 5.10 Å². The topological polar surface area (TPSA) is 77.0 Å². The van der Waals surface area contributed by atoms with E-state index in [0.29, 0.717) is 11.1 Å². The van der Waals surface area contributed by atoms with Crippen molar-refractivity contribution in [1.29, 1.82) is 0 Å². The molecule has 5 nitrogen and oxygen atoms in total. The number of fused-ring (bicyclic) bond motifs is 1. The summed E-state index contributed by atoms with van der Waals surface area (Å²) in [5, 5.41) is 4.44. The molecule has 3 aromatic rings. The number of halogens is 1. The zero-order chi connectivity index (χ0) is 12.5. The van der Waals surface area contributed by atoms with Crippen molar-refractivity contribution in [2.24, 2.45) is 5.84 Å². The number of nitrogens with two attached hydrogens (primary N) is 1. The summed E-state index contributed by atoms with van der Waals surface area (Å²) in [5.41, 5.74) is 2.84. The summed E-state index contributed by atoms with van der Waals surface area (Å²) in [4.78, 5) is 0.803. The van der Waals surface area contributed by atoms with Crippen LogP contribution in [0.1, 0.15) is 16.7 Å². The molecule has 7 heteroatoms. The van der Waals surface area contributed by atoms with Gasteiger partial charge in [0, 0.05) is 5.39 Å². The number of aromatic nitrogens is 2. The second kappa shape index (κ2) is 4.45. The molecule has 0 aliphatic rings. The quantitative estimate of drug-likeness (QED) is 0.558. The van der Waals surface area contributed by atoms with Crippen LogP contribution in [-0.4, -0.2) is 9.59 Å². The van der Waals surface area contributed by atoms with Crippen molar-refractivity contribution in [2.75, 3.05) is 0 Å². The molecule has 2 aromatic heterocycles. The lowest BCUT2D eigenvalue weighted by molar-refractivity contribution is 0.468. The summed E-state index contributed by atoms with van der Waals surface area (Å²) in [5.74, 6) is 5.64. The molecule has 0 bridgehead atoms. The Bertz CT molecular complexity index is 667. The highest BCUT2D eigenvalue weighted by Gasteiger charge is 2.20. The maximum atomic E-state index is 13.5. The van der Waals surface area contributed by atoms with Crippen LogP contribution in [0.15, 0.2) is 34.9 Å². The largest absolute Gasteiger partial charge is 0.456 e. The smallest absolute Gasteiger partial charge is 0.169 e. The molecule has 92 valence electrons. The zero-order valence-electron chi connectivity index (χ0n) is 9.13. The van der Waals surface area contributed by atoms with Gasteiger partial charge in [0.1, 0.15) is 11.8 Å². The van der Waals surface area contributed by atoms with Gasteiger partial charge in [-0.2, -0.15) is 0 Å². The predicted molar refractivity (Wildman–Crippen MR) is 65.2 cm³/mol. The van der Waals surface area contributed by atoms with E-state index >= 15 is 0 Å². The van der Waals surface area contributed by atoms with Crippen molar-refractivity contribution < 1.29 is 8.81 Å². The standard InChI is InChI=1S/C11H9FN4OS/c12-7-3-1-2-6-4-8(17-11(6)7)10(15-13)9-5-14-16-18-9/h1-5,10,15H,13H2. The molecular weight excluding hydrogens is 255 g/mol. The first-order valence-corrected chi connectivity index (χ1v) is 5.98. The number of furan rings is 1. The minimum absolute atomic E-state index is 0.227. The summed E-state index contributed by atoms with van der Waals surface area (Å²) < 4.78 is 22.8. The molecule has 0 aliphatic carbocycles. The maximum absolute atomic E-state index is 13.5. The van der Waals surface area contributed by atoms with Gasteiger partial charge in [-0.1, -0.05) is 16.6 Å². The lowest BCUT2D eigenvalue weighted by Crippen LogP contribution is -2.27. The molecule has 2 heterocycles. The van der Waals surface area contributed by atoms with Crippen molar-refractivity contribution in [3.05, 3.63) is 46.9 Å². The molecule has 3 rings (SSSR count). The molecule has 0 spiro atoms. The lowest BCUT2D eigenvalue weighted by Gasteiger charge is -2.09. The zero-order valence-corrected chi connectivity index (χ0v) is 9.95. The number of rotatable bonds is 3. The van der Waals surface area contributed by atoms with E-state index in [9.17, 15) is 4.39 Å². The summed E-state index contributed by atoms with van der Waals surface area (Å²) in [6.07, 6.45) is 1.60. The van der Waals surface area contributed by atoms with Crippen LogP contribution < -0.4 is 11.3 Å². The Morgan fingerprint density at radius 3 is 3.00 bits per heavy atom. The van der Waals surface area contributed by atoms with Crippen molar-refractivity contribution in [3.8, 4) is 0 Å². The Morgan fingerprint density at radius 1 is 1.44 bits per heavy atom. The fourth-order valence-corrected chi connectivity index (χ4v) is 2.37. The third-order valence-corrected chi connectivity index (χ3v) is 3.36. The van der Waals surface area contributed by atoms with Crippen LogP contribution in [0, 0.1) is 5.82 Å². The van der Waals surface area contributed by atoms with Gasteiger partial charge >= 0.3 is 0 Å². The molecule has 0 radical (unpaired) electrons. The maximum Gasteiger partial charge on any atom is 0.169 e. The summed E-state index contributed by atoms with van der Waals surface area (Å²) in [6.45, 7) is 0. The molecule has 0 saturated heterocycles. The fourth-order valence-electron chi connectivity index (χ4n) is 1.80. The Hall–Kier alpha value is -1.83. The third-order valence-electron chi connectivity index (χ3n) is 2.63. The minimum atomic E-state index is -0.392. The third kappa shape index (κ3) is 1.78. The van der Waals surface area contributed by atoms with Gasteiger partial charge in [0.2, 0.25) is 0 Å². The summed E-state index contributed by atoms with van der Waals surface area (Å²) >= 11 is 1.21. The van der Waals surface area contributed by atoms with Crippen molar-refractivity contribution in [1.82, 2.24) is 15.0 Å². The number of benzene rings is 1. The number of hydrogen-bond donors (Lipinski definition) is 2. The first kappa shape index (κ1) is 11.3. The van der Waals surface area contributed by atoms with Gasteiger partial charge in [-0.25, -0.2) is 9.82 Å². The van der Waals surface area contributed by atoms with Crippen LogP contribution in [-0.2, 0) is 0 Å². The van der Waals surface area contributed by atoms with E-state index < -0.39 is 5.82 Å². The second-order valence-electron chi connectivity index (χ2n) is 3.73. The molecular formula is C11H9FN4OS. The van der Waals surface area contributed by atoms with Gasteiger partial charge in [-0.3, -0.25) is 5.84 Å². The van der Waals surface area contributed by atoms with Crippen LogP contribution in [0.2, 0.25) is 0 Å². The van der Waals surface area contributed by atoms with Gasteiger partial charge in [0.25, 0.3) is 0 Å². The number of hydrazine groups is 1. The van der Waals surface area contributed by atoms with Gasteiger partial charge in [0.05, 0.1) is 11.1 Å².